The van der Waals surface area contributed by atoms with Crippen LogP contribution < -0.4 is 20.1 Å². The number of guanidine groups is 1. The minimum atomic E-state index is 0.554. The molecule has 1 atom stereocenters. The second-order valence-corrected chi connectivity index (χ2v) is 7.28. The van der Waals surface area contributed by atoms with Gasteiger partial charge in [-0.25, -0.2) is 9.98 Å². The lowest BCUT2D eigenvalue weighted by Crippen LogP contribution is -2.44. The van der Waals surface area contributed by atoms with E-state index in [4.69, 9.17) is 14.5 Å². The molecule has 1 unspecified atom stereocenters. The van der Waals surface area contributed by atoms with Crippen LogP contribution in [0.25, 0.3) is 0 Å². The first-order chi connectivity index (χ1) is 14.7. The maximum absolute atomic E-state index is 5.78. The lowest BCUT2D eigenvalue weighted by Gasteiger charge is -2.24. The van der Waals surface area contributed by atoms with Crippen molar-refractivity contribution in [3.63, 3.8) is 0 Å². The molecule has 0 saturated carbocycles. The molecule has 0 aliphatic carbocycles. The number of methoxy groups -OCH3 is 1. The number of likely N-dealkylation sites (N-methyl/N-ethyl adjacent to an activating group) is 1. The summed E-state index contributed by atoms with van der Waals surface area (Å²) in [5.74, 6) is 2.92. The van der Waals surface area contributed by atoms with E-state index in [1.54, 1.807) is 7.11 Å². The largest absolute Gasteiger partial charge is 0.497 e. The van der Waals surface area contributed by atoms with Gasteiger partial charge in [-0.05, 0) is 62.7 Å². The van der Waals surface area contributed by atoms with E-state index in [-0.39, 0.29) is 0 Å². The summed E-state index contributed by atoms with van der Waals surface area (Å²) in [6.07, 6.45) is 4.34. The minimum Gasteiger partial charge on any atom is -0.497 e. The van der Waals surface area contributed by atoms with Crippen LogP contribution in [-0.2, 0) is 6.54 Å². The number of nitrogens with one attached hydrogen (secondary N) is 2. The normalized spacial score (nSPS) is 17.0. The fourth-order valence-corrected chi connectivity index (χ4v) is 3.60. The van der Waals surface area contributed by atoms with Crippen molar-refractivity contribution in [1.29, 1.82) is 0 Å². The molecule has 1 aromatic heterocycles. The molecule has 1 aliphatic heterocycles. The van der Waals surface area contributed by atoms with Gasteiger partial charge in [-0.1, -0.05) is 13.0 Å². The average Bonchev–Trinajstić information content (AvgIpc) is 3.25. The second kappa shape index (κ2) is 11.4. The molecular formula is C23H33N5O2. The third-order valence-electron chi connectivity index (χ3n) is 5.25. The first-order valence-electron chi connectivity index (χ1n) is 10.7. The molecule has 2 heterocycles. The van der Waals surface area contributed by atoms with E-state index < -0.39 is 0 Å². The molecule has 7 nitrogen and oxygen atoms in total. The summed E-state index contributed by atoms with van der Waals surface area (Å²) in [5, 5.41) is 6.82. The number of likely N-dealkylation sites (tertiary alicyclic amines) is 1. The van der Waals surface area contributed by atoms with Gasteiger partial charge in [0.05, 0.1) is 13.7 Å². The summed E-state index contributed by atoms with van der Waals surface area (Å²) in [6, 6.07) is 11.9. The van der Waals surface area contributed by atoms with Gasteiger partial charge < -0.3 is 20.1 Å². The smallest absolute Gasteiger partial charge is 0.219 e. The van der Waals surface area contributed by atoms with Crippen LogP contribution in [-0.4, -0.2) is 55.2 Å². The van der Waals surface area contributed by atoms with Crippen molar-refractivity contribution >= 4 is 5.96 Å². The van der Waals surface area contributed by atoms with Gasteiger partial charge in [0.2, 0.25) is 5.88 Å². The summed E-state index contributed by atoms with van der Waals surface area (Å²) in [7, 11) is 1.64. The molecule has 0 radical (unpaired) electrons. The van der Waals surface area contributed by atoms with Gasteiger partial charge in [0.1, 0.15) is 11.5 Å². The van der Waals surface area contributed by atoms with Crippen molar-refractivity contribution in [2.75, 3.05) is 33.3 Å². The van der Waals surface area contributed by atoms with E-state index in [0.717, 1.165) is 42.7 Å². The van der Waals surface area contributed by atoms with E-state index in [1.807, 2.05) is 42.6 Å². The molecule has 0 bridgehead atoms. The molecule has 162 valence electrons. The van der Waals surface area contributed by atoms with E-state index in [1.165, 1.54) is 19.4 Å². The molecular weight excluding hydrogens is 378 g/mol. The van der Waals surface area contributed by atoms with Crippen LogP contribution >= 0.6 is 0 Å². The summed E-state index contributed by atoms with van der Waals surface area (Å²) in [5.41, 5.74) is 1.03. The van der Waals surface area contributed by atoms with Crippen LogP contribution in [0.1, 0.15) is 32.3 Å². The number of hydrogen-bond acceptors (Lipinski definition) is 5. The highest BCUT2D eigenvalue weighted by atomic mass is 16.5. The lowest BCUT2D eigenvalue weighted by atomic mass is 10.2. The Morgan fingerprint density at radius 2 is 1.93 bits per heavy atom. The fraction of sp³-hybridized carbons (Fsp3) is 0.478. The highest BCUT2D eigenvalue weighted by molar-refractivity contribution is 5.79. The molecule has 1 saturated heterocycles. The quantitative estimate of drug-likeness (QED) is 0.487. The zero-order chi connectivity index (χ0) is 21.2. The van der Waals surface area contributed by atoms with Crippen LogP contribution in [0.4, 0.5) is 0 Å². The molecule has 1 aliphatic rings. The predicted octanol–water partition coefficient (Wildman–Crippen LogP) is 3.42. The number of nitrogens with zero attached hydrogens (tertiary/aromatic N) is 3. The first-order valence-corrected chi connectivity index (χ1v) is 10.7. The summed E-state index contributed by atoms with van der Waals surface area (Å²) in [4.78, 5) is 11.6. The minimum absolute atomic E-state index is 0.554. The molecule has 1 fully saturated rings. The third-order valence-corrected chi connectivity index (χ3v) is 5.25. The number of ether oxygens (including phenoxy) is 2. The zero-order valence-corrected chi connectivity index (χ0v) is 18.2. The number of rotatable bonds is 9. The van der Waals surface area contributed by atoms with Crippen molar-refractivity contribution in [3.05, 3.63) is 48.2 Å². The van der Waals surface area contributed by atoms with Crippen molar-refractivity contribution < 1.29 is 9.47 Å². The molecule has 0 spiro atoms. The Balaban J connectivity index is 1.53. The number of aliphatic imine (C=N–C) groups is 1. The van der Waals surface area contributed by atoms with Gasteiger partial charge in [0, 0.05) is 31.4 Å². The van der Waals surface area contributed by atoms with Crippen LogP contribution in [0, 0.1) is 0 Å². The summed E-state index contributed by atoms with van der Waals surface area (Å²) in [6.45, 7) is 8.94. The van der Waals surface area contributed by atoms with Crippen LogP contribution in [0.15, 0.2) is 47.6 Å². The predicted molar refractivity (Wildman–Crippen MR) is 120 cm³/mol. The molecule has 3 rings (SSSR count). The molecule has 30 heavy (non-hydrogen) atoms. The second-order valence-electron chi connectivity index (χ2n) is 7.28. The Morgan fingerprint density at radius 3 is 2.60 bits per heavy atom. The number of pyridine rings is 1. The maximum atomic E-state index is 5.78. The Hall–Kier alpha value is -2.80. The highest BCUT2D eigenvalue weighted by Crippen LogP contribution is 2.22. The van der Waals surface area contributed by atoms with Gasteiger partial charge in [0.15, 0.2) is 5.96 Å². The SMILES string of the molecule is CCNC(=NCc1ccc(Oc2ccc(OC)cc2)nc1)NCC1CCCN1CC. The molecule has 7 heteroatoms. The van der Waals surface area contributed by atoms with E-state index in [9.17, 15) is 0 Å². The average molecular weight is 412 g/mol. The van der Waals surface area contributed by atoms with Gasteiger partial charge in [-0.3, -0.25) is 4.90 Å². The third kappa shape index (κ3) is 6.35. The topological polar surface area (TPSA) is 71.0 Å². The Morgan fingerprint density at radius 1 is 1.13 bits per heavy atom. The summed E-state index contributed by atoms with van der Waals surface area (Å²) >= 11 is 0. The molecule has 2 N–H and O–H groups in total. The van der Waals surface area contributed by atoms with E-state index in [0.29, 0.717) is 18.5 Å². The highest BCUT2D eigenvalue weighted by Gasteiger charge is 2.22. The van der Waals surface area contributed by atoms with Crippen molar-refractivity contribution in [1.82, 2.24) is 20.5 Å². The van der Waals surface area contributed by atoms with Crippen LogP contribution in [0.5, 0.6) is 17.4 Å². The number of hydrogen-bond donors (Lipinski definition) is 2. The van der Waals surface area contributed by atoms with Gasteiger partial charge in [-0.15, -0.1) is 0 Å². The van der Waals surface area contributed by atoms with Crippen LogP contribution in [0.3, 0.4) is 0 Å². The molecule has 2 aromatic rings. The Bertz CT molecular complexity index is 792. The standard InChI is InChI=1S/C23H33N5O2/c1-4-24-23(27-17-19-7-6-14-28(19)5-2)26-16-18-8-13-22(25-15-18)30-21-11-9-20(29-3)10-12-21/h8-13,15,19H,4-7,14,16-17H2,1-3H3,(H2,24,26,27). The monoisotopic (exact) mass is 411 g/mol. The van der Waals surface area contributed by atoms with Crippen molar-refractivity contribution in [2.24, 2.45) is 4.99 Å². The molecule has 0 amide bonds. The maximum Gasteiger partial charge on any atom is 0.219 e. The van der Waals surface area contributed by atoms with Gasteiger partial charge in [0.25, 0.3) is 0 Å². The first kappa shape index (κ1) is 21.9. The van der Waals surface area contributed by atoms with E-state index in [2.05, 4.69) is 34.4 Å². The lowest BCUT2D eigenvalue weighted by molar-refractivity contribution is 0.267. The number of aromatic nitrogens is 1. The van der Waals surface area contributed by atoms with Crippen molar-refractivity contribution in [2.45, 2.75) is 39.3 Å². The van der Waals surface area contributed by atoms with Crippen LogP contribution in [0.2, 0.25) is 0 Å². The molecule has 1 aromatic carbocycles. The van der Waals surface area contributed by atoms with Crippen molar-refractivity contribution in [3.8, 4) is 17.4 Å². The van der Waals surface area contributed by atoms with Gasteiger partial charge in [-0.2, -0.15) is 0 Å². The van der Waals surface area contributed by atoms with Gasteiger partial charge >= 0.3 is 0 Å². The summed E-state index contributed by atoms with van der Waals surface area (Å²) < 4.78 is 10.9. The Kier molecular flexibility index (Phi) is 8.32. The Labute approximate surface area is 179 Å². The zero-order valence-electron chi connectivity index (χ0n) is 18.2. The number of benzene rings is 1. The van der Waals surface area contributed by atoms with E-state index >= 15 is 0 Å². The fourth-order valence-electron chi connectivity index (χ4n) is 3.60.